The Labute approximate surface area is 78.5 Å². The van der Waals surface area contributed by atoms with Crippen molar-refractivity contribution < 1.29 is 13.2 Å². The van der Waals surface area contributed by atoms with Crippen molar-refractivity contribution in [2.75, 3.05) is 7.05 Å². The lowest BCUT2D eigenvalue weighted by Crippen LogP contribution is -2.18. The minimum absolute atomic E-state index is 0.181. The molecule has 0 aromatic rings. The Morgan fingerprint density at radius 2 is 2.14 bits per heavy atom. The first-order valence-electron chi connectivity index (χ1n) is 3.74. The van der Waals surface area contributed by atoms with Crippen LogP contribution in [-0.2, 0) is 0 Å². The lowest BCUT2D eigenvalue weighted by Gasteiger charge is -2.12. The zero-order valence-electron chi connectivity index (χ0n) is 7.31. The lowest BCUT2D eigenvalue weighted by molar-refractivity contribution is -0.0855. The number of aliphatic imine (C=N–C) groups is 1. The highest BCUT2D eigenvalue weighted by Gasteiger charge is 2.34. The van der Waals surface area contributed by atoms with E-state index in [2.05, 4.69) is 10.3 Å². The average Bonchev–Trinajstić information content (AvgIpc) is 2.07. The van der Waals surface area contributed by atoms with E-state index in [9.17, 15) is 13.2 Å². The van der Waals surface area contributed by atoms with Gasteiger partial charge in [0.25, 0.3) is 0 Å². The monoisotopic (exact) mass is 203 g/mol. The molecule has 14 heavy (non-hydrogen) atoms. The molecular weight excluding hydrogens is 195 g/mol. The lowest BCUT2D eigenvalue weighted by atomic mass is 10.1. The van der Waals surface area contributed by atoms with Gasteiger partial charge in [0.05, 0.1) is 11.3 Å². The topological polar surface area (TPSA) is 48.2 Å². The molecule has 0 aromatic heterocycles. The third-order valence-electron chi connectivity index (χ3n) is 1.53. The highest BCUT2D eigenvalue weighted by molar-refractivity contribution is 6.12. The molecule has 1 heterocycles. The quantitative estimate of drug-likeness (QED) is 0.668. The number of hydrogen-bond acceptors (Lipinski definition) is 3. The molecule has 76 valence electrons. The second-order valence-corrected chi connectivity index (χ2v) is 2.59. The number of nitrogens with one attached hydrogen (secondary N) is 2. The molecule has 1 aliphatic rings. The Bertz CT molecular complexity index is 336. The molecule has 0 atom stereocenters. The standard InChI is InChI=1S/C8H8F3N3/c1-13-4-7-6(12)2-5(3-14-7)8(9,10)11/h2-4,12-13H,1H3/b7-4+,12-6?. The molecule has 0 fully saturated rings. The van der Waals surface area contributed by atoms with Crippen LogP contribution in [0.4, 0.5) is 13.2 Å². The van der Waals surface area contributed by atoms with E-state index >= 15 is 0 Å². The first-order valence-corrected chi connectivity index (χ1v) is 3.74. The van der Waals surface area contributed by atoms with Crippen molar-refractivity contribution in [2.45, 2.75) is 6.18 Å². The number of alkyl halides is 3. The molecule has 1 rings (SSSR count). The molecule has 0 amide bonds. The minimum atomic E-state index is -4.44. The second-order valence-electron chi connectivity index (χ2n) is 2.59. The Morgan fingerprint density at radius 3 is 2.57 bits per heavy atom. The Hall–Kier alpha value is -1.59. The number of rotatable bonds is 1. The van der Waals surface area contributed by atoms with Crippen LogP contribution in [-0.4, -0.2) is 25.2 Å². The molecule has 3 nitrogen and oxygen atoms in total. The van der Waals surface area contributed by atoms with E-state index in [1.54, 1.807) is 7.05 Å². The molecule has 6 heteroatoms. The molecule has 0 unspecified atom stereocenters. The van der Waals surface area contributed by atoms with Crippen LogP contribution in [0, 0.1) is 5.41 Å². The zero-order chi connectivity index (χ0) is 10.8. The van der Waals surface area contributed by atoms with Crippen molar-refractivity contribution in [3.05, 3.63) is 23.5 Å². The van der Waals surface area contributed by atoms with E-state index in [1.807, 2.05) is 0 Å². The summed E-state index contributed by atoms with van der Waals surface area (Å²) in [4.78, 5) is 3.51. The van der Waals surface area contributed by atoms with Crippen LogP contribution in [0.1, 0.15) is 0 Å². The summed E-state index contributed by atoms with van der Waals surface area (Å²) < 4.78 is 36.4. The number of halogens is 3. The summed E-state index contributed by atoms with van der Waals surface area (Å²) in [6.45, 7) is 0. The van der Waals surface area contributed by atoms with Crippen molar-refractivity contribution in [2.24, 2.45) is 4.99 Å². The first kappa shape index (κ1) is 10.5. The van der Waals surface area contributed by atoms with E-state index < -0.39 is 11.7 Å². The predicted molar refractivity (Wildman–Crippen MR) is 47.5 cm³/mol. The van der Waals surface area contributed by atoms with Gasteiger partial charge in [-0.25, -0.2) is 0 Å². The van der Waals surface area contributed by atoms with Crippen LogP contribution >= 0.6 is 0 Å². The largest absolute Gasteiger partial charge is 0.417 e. The molecule has 2 N–H and O–H groups in total. The van der Waals surface area contributed by atoms with Gasteiger partial charge in [0.1, 0.15) is 5.70 Å². The molecule has 1 aliphatic heterocycles. The third-order valence-corrected chi connectivity index (χ3v) is 1.53. The molecule has 0 saturated carbocycles. The van der Waals surface area contributed by atoms with Gasteiger partial charge in [0.2, 0.25) is 0 Å². The van der Waals surface area contributed by atoms with Crippen LogP contribution in [0.2, 0.25) is 0 Å². The van der Waals surface area contributed by atoms with Crippen LogP contribution in [0.25, 0.3) is 0 Å². The van der Waals surface area contributed by atoms with Gasteiger partial charge in [0, 0.05) is 19.5 Å². The van der Waals surface area contributed by atoms with E-state index in [0.717, 1.165) is 6.08 Å². The Kier molecular flexibility index (Phi) is 2.73. The van der Waals surface area contributed by atoms with E-state index in [4.69, 9.17) is 5.41 Å². The summed E-state index contributed by atoms with van der Waals surface area (Å²) in [6.07, 6.45) is -1.62. The van der Waals surface area contributed by atoms with Crippen molar-refractivity contribution in [3.63, 3.8) is 0 Å². The molecule has 0 radical (unpaired) electrons. The van der Waals surface area contributed by atoms with Crippen molar-refractivity contribution in [3.8, 4) is 0 Å². The number of nitrogens with zero attached hydrogens (tertiary/aromatic N) is 1. The molecule has 0 saturated heterocycles. The average molecular weight is 203 g/mol. The van der Waals surface area contributed by atoms with Gasteiger partial charge in [-0.05, 0) is 6.08 Å². The normalized spacial score (nSPS) is 19.9. The summed E-state index contributed by atoms with van der Waals surface area (Å²) in [5.74, 6) is 0. The van der Waals surface area contributed by atoms with Gasteiger partial charge in [-0.2, -0.15) is 13.2 Å². The summed E-state index contributed by atoms with van der Waals surface area (Å²) in [5.41, 5.74) is -0.981. The van der Waals surface area contributed by atoms with Gasteiger partial charge >= 0.3 is 6.18 Å². The summed E-state index contributed by atoms with van der Waals surface area (Å²) in [7, 11) is 1.58. The van der Waals surface area contributed by atoms with Gasteiger partial charge in [-0.1, -0.05) is 0 Å². The van der Waals surface area contributed by atoms with Gasteiger partial charge in [-0.3, -0.25) is 10.4 Å². The Balaban J connectivity index is 2.94. The fourth-order valence-electron chi connectivity index (χ4n) is 0.882. The van der Waals surface area contributed by atoms with E-state index in [-0.39, 0.29) is 11.4 Å². The first-order chi connectivity index (χ1) is 6.45. The highest BCUT2D eigenvalue weighted by atomic mass is 19.4. The molecule has 0 spiro atoms. The maximum absolute atomic E-state index is 12.1. The fourth-order valence-corrected chi connectivity index (χ4v) is 0.882. The number of dihydropyridines is 1. The number of hydrogen-bond donors (Lipinski definition) is 2. The highest BCUT2D eigenvalue weighted by Crippen LogP contribution is 2.26. The SMILES string of the molecule is CN/C=C1/N=CC(C(F)(F)F)=CC1=N. The smallest absolute Gasteiger partial charge is 0.392 e. The summed E-state index contributed by atoms with van der Waals surface area (Å²) in [6, 6.07) is 0. The van der Waals surface area contributed by atoms with Crippen molar-refractivity contribution in [1.29, 1.82) is 5.41 Å². The van der Waals surface area contributed by atoms with Gasteiger partial charge in [0.15, 0.2) is 0 Å². The predicted octanol–water partition coefficient (Wildman–Crippen LogP) is 1.64. The summed E-state index contributed by atoms with van der Waals surface area (Å²) >= 11 is 0. The molecule has 0 aliphatic carbocycles. The fraction of sp³-hybridized carbons (Fsp3) is 0.250. The second kappa shape index (κ2) is 3.65. The maximum Gasteiger partial charge on any atom is 0.417 e. The van der Waals surface area contributed by atoms with Crippen molar-refractivity contribution >= 4 is 11.9 Å². The minimum Gasteiger partial charge on any atom is -0.392 e. The van der Waals surface area contributed by atoms with Gasteiger partial charge in [-0.15, -0.1) is 0 Å². The summed E-state index contributed by atoms with van der Waals surface area (Å²) in [5, 5.41) is 9.86. The maximum atomic E-state index is 12.1. The van der Waals surface area contributed by atoms with Crippen LogP contribution in [0.3, 0.4) is 0 Å². The van der Waals surface area contributed by atoms with Crippen LogP contribution in [0.15, 0.2) is 28.5 Å². The Morgan fingerprint density at radius 1 is 1.50 bits per heavy atom. The molecule has 0 aromatic carbocycles. The molecule has 0 bridgehead atoms. The molecular formula is C8H8F3N3. The van der Waals surface area contributed by atoms with Crippen LogP contribution < -0.4 is 5.32 Å². The number of allylic oxidation sites excluding steroid dienone is 2. The van der Waals surface area contributed by atoms with Crippen molar-refractivity contribution in [1.82, 2.24) is 5.32 Å². The van der Waals surface area contributed by atoms with E-state index in [1.165, 1.54) is 6.20 Å². The zero-order valence-corrected chi connectivity index (χ0v) is 7.31. The third kappa shape index (κ3) is 2.21. The van der Waals surface area contributed by atoms with Crippen LogP contribution in [0.5, 0.6) is 0 Å². The van der Waals surface area contributed by atoms with Gasteiger partial charge < -0.3 is 5.32 Å². The van der Waals surface area contributed by atoms with E-state index in [0.29, 0.717) is 6.21 Å².